The molecule has 2 aromatic carbocycles. The van der Waals surface area contributed by atoms with Gasteiger partial charge >= 0.3 is 0 Å². The van der Waals surface area contributed by atoms with Gasteiger partial charge in [0.2, 0.25) is 0 Å². The molecule has 0 bridgehead atoms. The molecule has 0 radical (unpaired) electrons. The van der Waals surface area contributed by atoms with Crippen LogP contribution in [-0.4, -0.2) is 7.11 Å². The molecule has 0 heterocycles. The van der Waals surface area contributed by atoms with Gasteiger partial charge in [-0.15, -0.1) is 0 Å². The molecule has 0 aliphatic carbocycles. The van der Waals surface area contributed by atoms with Crippen molar-refractivity contribution in [2.24, 2.45) is 0 Å². The first-order valence-electron chi connectivity index (χ1n) is 6.12. The van der Waals surface area contributed by atoms with E-state index in [2.05, 4.69) is 49.4 Å². The maximum atomic E-state index is 5.00. The molecule has 18 heavy (non-hydrogen) atoms. The monoisotopic (exact) mass is 238 g/mol. The van der Waals surface area contributed by atoms with Gasteiger partial charge < -0.3 is 4.74 Å². The van der Waals surface area contributed by atoms with Gasteiger partial charge in [0, 0.05) is 0 Å². The van der Waals surface area contributed by atoms with Crippen LogP contribution in [0.5, 0.6) is 0 Å². The maximum absolute atomic E-state index is 5.00. The van der Waals surface area contributed by atoms with E-state index < -0.39 is 0 Å². The largest absolute Gasteiger partial charge is 0.504 e. The Labute approximate surface area is 109 Å². The van der Waals surface area contributed by atoms with Gasteiger partial charge in [0.1, 0.15) is 0 Å². The van der Waals surface area contributed by atoms with Crippen molar-refractivity contribution in [2.45, 2.75) is 13.3 Å². The van der Waals surface area contributed by atoms with E-state index in [4.69, 9.17) is 4.74 Å². The van der Waals surface area contributed by atoms with Gasteiger partial charge in [-0.2, -0.15) is 0 Å². The van der Waals surface area contributed by atoms with Crippen molar-refractivity contribution in [1.82, 2.24) is 0 Å². The highest BCUT2D eigenvalue weighted by molar-refractivity contribution is 5.55. The molecule has 0 saturated heterocycles. The lowest BCUT2D eigenvalue weighted by atomic mass is 9.98. The van der Waals surface area contributed by atoms with Gasteiger partial charge in [-0.05, 0) is 36.1 Å². The number of methoxy groups -OCH3 is 1. The Morgan fingerprint density at radius 1 is 1.06 bits per heavy atom. The van der Waals surface area contributed by atoms with Crippen molar-refractivity contribution < 1.29 is 4.74 Å². The third-order valence-electron chi connectivity index (χ3n) is 2.92. The average molecular weight is 238 g/mol. The van der Waals surface area contributed by atoms with E-state index in [0.717, 1.165) is 6.42 Å². The van der Waals surface area contributed by atoms with Gasteiger partial charge in [0.05, 0.1) is 13.4 Å². The molecule has 0 unspecified atom stereocenters. The minimum absolute atomic E-state index is 0.950. The maximum Gasteiger partial charge on any atom is 0.0830 e. The van der Waals surface area contributed by atoms with Crippen molar-refractivity contribution in [3.63, 3.8) is 0 Å². The fourth-order valence-corrected chi connectivity index (χ4v) is 2.01. The molecule has 0 amide bonds. The van der Waals surface area contributed by atoms with Crippen molar-refractivity contribution >= 4 is 6.08 Å². The highest BCUT2D eigenvalue weighted by Crippen LogP contribution is 2.17. The van der Waals surface area contributed by atoms with Crippen LogP contribution in [-0.2, 0) is 11.2 Å². The van der Waals surface area contributed by atoms with Gasteiger partial charge in [-0.3, -0.25) is 0 Å². The van der Waals surface area contributed by atoms with E-state index in [1.807, 2.05) is 12.1 Å². The molecule has 0 aliphatic heterocycles. The molecular formula is C17H18O. The van der Waals surface area contributed by atoms with Gasteiger partial charge in [0.15, 0.2) is 0 Å². The number of ether oxygens (including phenoxy) is 1. The molecule has 1 nitrogen and oxygen atoms in total. The van der Waals surface area contributed by atoms with E-state index in [0.29, 0.717) is 0 Å². The molecule has 0 saturated carbocycles. The van der Waals surface area contributed by atoms with E-state index in [-0.39, 0.29) is 0 Å². The van der Waals surface area contributed by atoms with Crippen LogP contribution in [0.25, 0.3) is 6.08 Å². The lowest BCUT2D eigenvalue weighted by Gasteiger charge is -2.08. The van der Waals surface area contributed by atoms with Crippen molar-refractivity contribution in [1.29, 1.82) is 0 Å². The Morgan fingerprint density at radius 3 is 2.56 bits per heavy atom. The fourth-order valence-electron chi connectivity index (χ4n) is 2.01. The lowest BCUT2D eigenvalue weighted by Crippen LogP contribution is -1.92. The van der Waals surface area contributed by atoms with Crippen molar-refractivity contribution in [2.75, 3.05) is 7.11 Å². The zero-order chi connectivity index (χ0) is 12.8. The first-order chi connectivity index (χ1) is 8.79. The Balaban J connectivity index is 2.30. The average Bonchev–Trinajstić information content (AvgIpc) is 2.39. The van der Waals surface area contributed by atoms with Crippen molar-refractivity contribution in [3.05, 3.63) is 77.0 Å². The van der Waals surface area contributed by atoms with Crippen LogP contribution in [0.3, 0.4) is 0 Å². The Hall–Kier alpha value is -2.02. The minimum Gasteiger partial charge on any atom is -0.504 e. The highest BCUT2D eigenvalue weighted by Gasteiger charge is 2.02. The third kappa shape index (κ3) is 3.24. The lowest BCUT2D eigenvalue weighted by molar-refractivity contribution is 0.341. The summed E-state index contributed by atoms with van der Waals surface area (Å²) in [7, 11) is 1.67. The Bertz CT molecular complexity index is 527. The Kier molecular flexibility index (Phi) is 4.19. The van der Waals surface area contributed by atoms with Crippen LogP contribution in [0, 0.1) is 6.92 Å². The third-order valence-corrected chi connectivity index (χ3v) is 2.92. The molecule has 92 valence electrons. The summed E-state index contributed by atoms with van der Waals surface area (Å²) < 4.78 is 5.00. The van der Waals surface area contributed by atoms with Crippen LogP contribution >= 0.6 is 0 Å². The van der Waals surface area contributed by atoms with Crippen LogP contribution in [0.1, 0.15) is 22.3 Å². The molecule has 0 fully saturated rings. The summed E-state index contributed by atoms with van der Waals surface area (Å²) in [5.41, 5.74) is 5.16. The number of hydrogen-bond donors (Lipinski definition) is 0. The van der Waals surface area contributed by atoms with Crippen molar-refractivity contribution in [3.8, 4) is 0 Å². The molecule has 1 heteroatoms. The van der Waals surface area contributed by atoms with Crippen LogP contribution < -0.4 is 0 Å². The van der Waals surface area contributed by atoms with Crippen LogP contribution in [0.2, 0.25) is 0 Å². The van der Waals surface area contributed by atoms with E-state index in [1.54, 1.807) is 13.4 Å². The second-order valence-electron chi connectivity index (χ2n) is 4.40. The minimum atomic E-state index is 0.950. The molecule has 0 atom stereocenters. The number of aryl methyl sites for hydroxylation is 1. The summed E-state index contributed by atoms with van der Waals surface area (Å²) in [4.78, 5) is 0. The first-order valence-corrected chi connectivity index (χ1v) is 6.12. The normalized spacial score (nSPS) is 10.8. The quantitative estimate of drug-likeness (QED) is 0.725. The molecule has 0 aromatic heterocycles. The fraction of sp³-hybridized carbons (Fsp3) is 0.176. The predicted octanol–water partition coefficient (Wildman–Crippen LogP) is 4.20. The first kappa shape index (κ1) is 12.4. The van der Waals surface area contributed by atoms with Gasteiger partial charge in [-0.25, -0.2) is 0 Å². The predicted molar refractivity (Wildman–Crippen MR) is 76.5 cm³/mol. The summed E-state index contributed by atoms with van der Waals surface area (Å²) in [6, 6.07) is 17.0. The molecule has 0 aliphatic rings. The summed E-state index contributed by atoms with van der Waals surface area (Å²) in [6.45, 7) is 2.12. The van der Waals surface area contributed by atoms with E-state index >= 15 is 0 Å². The summed E-state index contributed by atoms with van der Waals surface area (Å²) >= 11 is 0. The summed E-state index contributed by atoms with van der Waals surface area (Å²) in [5, 5.41) is 0. The topological polar surface area (TPSA) is 9.23 Å². The Morgan fingerprint density at radius 2 is 1.83 bits per heavy atom. The molecule has 2 aromatic rings. The number of hydrogen-bond acceptors (Lipinski definition) is 1. The van der Waals surface area contributed by atoms with Gasteiger partial charge in [0.25, 0.3) is 0 Å². The van der Waals surface area contributed by atoms with Crippen LogP contribution in [0.15, 0.2) is 54.8 Å². The molecular weight excluding hydrogens is 220 g/mol. The second-order valence-corrected chi connectivity index (χ2v) is 4.40. The SMILES string of the molecule is CO/C=C/c1ccc(C)cc1Cc1ccccc1. The van der Waals surface area contributed by atoms with E-state index in [1.165, 1.54) is 22.3 Å². The summed E-state index contributed by atoms with van der Waals surface area (Å²) in [5.74, 6) is 0. The second kappa shape index (κ2) is 6.06. The van der Waals surface area contributed by atoms with E-state index in [9.17, 15) is 0 Å². The number of benzene rings is 2. The standard InChI is InChI=1S/C17H18O/c1-14-8-9-16(10-11-18-2)17(12-14)13-15-6-4-3-5-7-15/h3-12H,13H2,1-2H3/b11-10+. The highest BCUT2D eigenvalue weighted by atomic mass is 16.5. The molecule has 0 N–H and O–H groups in total. The zero-order valence-corrected chi connectivity index (χ0v) is 10.9. The number of rotatable bonds is 4. The van der Waals surface area contributed by atoms with Gasteiger partial charge in [-0.1, -0.05) is 54.1 Å². The van der Waals surface area contributed by atoms with Crippen LogP contribution in [0.4, 0.5) is 0 Å². The molecule has 0 spiro atoms. The smallest absolute Gasteiger partial charge is 0.0830 e. The zero-order valence-electron chi connectivity index (χ0n) is 10.9. The summed E-state index contributed by atoms with van der Waals surface area (Å²) in [6.07, 6.45) is 4.68. The molecule has 2 rings (SSSR count).